The van der Waals surface area contributed by atoms with Crippen LogP contribution in [0, 0.1) is 5.92 Å². The topological polar surface area (TPSA) is 97.1 Å². The molecule has 7 heteroatoms. The second kappa shape index (κ2) is 6.66. The number of nitrogens with one attached hydrogen (secondary N) is 1. The standard InChI is InChI=1S/C17H18N4O3/c1-21-10-14(20-15(21)13-7-2-3-8-18-13)16(22)19-12-6-4-5-11(9-12)17(23)24/h2-4,6-8,10-12H,5,9H2,1H3,(H,19,22)(H,23,24)/t11-,12-/m0/s1. The summed E-state index contributed by atoms with van der Waals surface area (Å²) in [6, 6.07) is 5.20. The van der Waals surface area contributed by atoms with Gasteiger partial charge in [0.1, 0.15) is 11.4 Å². The van der Waals surface area contributed by atoms with E-state index < -0.39 is 11.9 Å². The molecular weight excluding hydrogens is 308 g/mol. The molecule has 0 spiro atoms. The number of aryl methyl sites for hydroxylation is 1. The molecule has 0 saturated carbocycles. The molecule has 7 nitrogen and oxygen atoms in total. The number of hydrogen-bond donors (Lipinski definition) is 2. The number of aromatic nitrogens is 3. The number of hydrogen-bond acceptors (Lipinski definition) is 4. The summed E-state index contributed by atoms with van der Waals surface area (Å²) >= 11 is 0. The average molecular weight is 326 g/mol. The molecule has 0 aliphatic heterocycles. The van der Waals surface area contributed by atoms with E-state index in [0.717, 1.165) is 0 Å². The zero-order chi connectivity index (χ0) is 17.1. The first kappa shape index (κ1) is 15.9. The fourth-order valence-electron chi connectivity index (χ4n) is 2.75. The SMILES string of the molecule is Cn1cc(C(=O)N[C@H]2C=CC[C@H](C(=O)O)C2)nc1-c1ccccn1. The van der Waals surface area contributed by atoms with Crippen LogP contribution in [-0.2, 0) is 11.8 Å². The Labute approximate surface area is 139 Å². The molecular formula is C17H18N4O3. The third kappa shape index (κ3) is 3.34. The number of carboxylic acids is 1. The molecule has 2 N–H and O–H groups in total. The highest BCUT2D eigenvalue weighted by atomic mass is 16.4. The van der Waals surface area contributed by atoms with E-state index in [9.17, 15) is 9.59 Å². The molecule has 0 radical (unpaired) electrons. The Bertz CT molecular complexity index is 782. The second-order valence-corrected chi connectivity index (χ2v) is 5.79. The van der Waals surface area contributed by atoms with Crippen molar-refractivity contribution >= 4 is 11.9 Å². The maximum Gasteiger partial charge on any atom is 0.306 e. The summed E-state index contributed by atoms with van der Waals surface area (Å²) in [5.41, 5.74) is 0.964. The van der Waals surface area contributed by atoms with Gasteiger partial charge in [-0.25, -0.2) is 4.98 Å². The lowest BCUT2D eigenvalue weighted by Gasteiger charge is -2.22. The lowest BCUT2D eigenvalue weighted by atomic mass is 9.91. The summed E-state index contributed by atoms with van der Waals surface area (Å²) in [4.78, 5) is 32.1. The Kier molecular flexibility index (Phi) is 4.41. The summed E-state index contributed by atoms with van der Waals surface area (Å²) < 4.78 is 1.74. The number of rotatable bonds is 4. The van der Waals surface area contributed by atoms with Gasteiger partial charge in [0.15, 0.2) is 5.82 Å². The molecule has 0 bridgehead atoms. The summed E-state index contributed by atoms with van der Waals surface area (Å²) in [6.07, 6.45) is 7.82. The first-order valence-corrected chi connectivity index (χ1v) is 7.69. The Hall–Kier alpha value is -2.96. The van der Waals surface area contributed by atoms with Crippen molar-refractivity contribution in [3.63, 3.8) is 0 Å². The Morgan fingerprint density at radius 3 is 2.92 bits per heavy atom. The molecule has 1 aliphatic carbocycles. The lowest BCUT2D eigenvalue weighted by Crippen LogP contribution is -2.37. The molecule has 2 aromatic rings. The number of amides is 1. The van der Waals surface area contributed by atoms with Gasteiger partial charge in [-0.2, -0.15) is 0 Å². The smallest absolute Gasteiger partial charge is 0.306 e. The van der Waals surface area contributed by atoms with E-state index in [2.05, 4.69) is 15.3 Å². The minimum absolute atomic E-state index is 0.281. The van der Waals surface area contributed by atoms with Crippen LogP contribution >= 0.6 is 0 Å². The predicted molar refractivity (Wildman–Crippen MR) is 87.2 cm³/mol. The van der Waals surface area contributed by atoms with Crippen molar-refractivity contribution in [2.24, 2.45) is 13.0 Å². The molecule has 124 valence electrons. The number of aliphatic carboxylic acids is 1. The number of imidazole rings is 1. The van der Waals surface area contributed by atoms with Crippen molar-refractivity contribution in [1.29, 1.82) is 0 Å². The van der Waals surface area contributed by atoms with Crippen LogP contribution in [0.25, 0.3) is 11.5 Å². The number of nitrogens with zero attached hydrogens (tertiary/aromatic N) is 3. The molecule has 1 amide bonds. The summed E-state index contributed by atoms with van der Waals surface area (Å²) in [5.74, 6) is -1.03. The maximum atomic E-state index is 12.4. The van der Waals surface area contributed by atoms with Crippen molar-refractivity contribution in [3.05, 3.63) is 48.4 Å². The fraction of sp³-hybridized carbons (Fsp3) is 0.294. The van der Waals surface area contributed by atoms with E-state index in [0.29, 0.717) is 24.4 Å². The van der Waals surface area contributed by atoms with E-state index in [1.54, 1.807) is 30.1 Å². The number of carbonyl (C=O) groups is 2. The number of allylic oxidation sites excluding steroid dienone is 1. The van der Waals surface area contributed by atoms with Gasteiger partial charge in [-0.1, -0.05) is 18.2 Å². The summed E-state index contributed by atoms with van der Waals surface area (Å²) in [7, 11) is 1.80. The second-order valence-electron chi connectivity index (χ2n) is 5.79. The monoisotopic (exact) mass is 326 g/mol. The van der Waals surface area contributed by atoms with Crippen molar-refractivity contribution in [1.82, 2.24) is 19.9 Å². The van der Waals surface area contributed by atoms with Crippen LogP contribution in [0.5, 0.6) is 0 Å². The van der Waals surface area contributed by atoms with Gasteiger partial charge in [-0.15, -0.1) is 0 Å². The van der Waals surface area contributed by atoms with Crippen LogP contribution in [0.1, 0.15) is 23.3 Å². The van der Waals surface area contributed by atoms with Crippen LogP contribution < -0.4 is 5.32 Å². The van der Waals surface area contributed by atoms with Crippen molar-refractivity contribution < 1.29 is 14.7 Å². The molecule has 24 heavy (non-hydrogen) atoms. The summed E-state index contributed by atoms with van der Waals surface area (Å²) in [6.45, 7) is 0. The van der Waals surface area contributed by atoms with Crippen LogP contribution in [0.3, 0.4) is 0 Å². The first-order valence-electron chi connectivity index (χ1n) is 7.69. The van der Waals surface area contributed by atoms with Gasteiger partial charge in [0.05, 0.1) is 5.92 Å². The van der Waals surface area contributed by atoms with E-state index in [1.165, 1.54) is 0 Å². The Morgan fingerprint density at radius 1 is 1.38 bits per heavy atom. The van der Waals surface area contributed by atoms with Crippen LogP contribution in [0.2, 0.25) is 0 Å². The third-order valence-corrected chi connectivity index (χ3v) is 4.00. The minimum Gasteiger partial charge on any atom is -0.481 e. The number of carbonyl (C=O) groups excluding carboxylic acids is 1. The van der Waals surface area contributed by atoms with Crippen LogP contribution in [0.15, 0.2) is 42.7 Å². The molecule has 0 fully saturated rings. The largest absolute Gasteiger partial charge is 0.481 e. The molecule has 3 rings (SSSR count). The first-order chi connectivity index (χ1) is 11.5. The average Bonchev–Trinajstić information content (AvgIpc) is 2.98. The van der Waals surface area contributed by atoms with Gasteiger partial charge in [0.25, 0.3) is 5.91 Å². The molecule has 2 heterocycles. The number of pyridine rings is 1. The van der Waals surface area contributed by atoms with E-state index in [1.807, 2.05) is 24.3 Å². The molecule has 2 atom stereocenters. The highest BCUT2D eigenvalue weighted by Crippen LogP contribution is 2.20. The van der Waals surface area contributed by atoms with Gasteiger partial charge >= 0.3 is 5.97 Å². The molecule has 0 saturated heterocycles. The number of carboxylic acid groups (broad SMARTS) is 1. The Balaban J connectivity index is 1.73. The van der Waals surface area contributed by atoms with E-state index in [4.69, 9.17) is 5.11 Å². The van der Waals surface area contributed by atoms with Gasteiger partial charge in [0, 0.05) is 25.5 Å². The zero-order valence-electron chi connectivity index (χ0n) is 13.2. The molecule has 0 aromatic carbocycles. The van der Waals surface area contributed by atoms with Gasteiger partial charge in [-0.3, -0.25) is 14.6 Å². The fourth-order valence-corrected chi connectivity index (χ4v) is 2.75. The molecule has 2 aromatic heterocycles. The van der Waals surface area contributed by atoms with Crippen LogP contribution in [0.4, 0.5) is 0 Å². The lowest BCUT2D eigenvalue weighted by molar-refractivity contribution is -0.142. The normalized spacial score (nSPS) is 19.9. The van der Waals surface area contributed by atoms with Crippen LogP contribution in [-0.4, -0.2) is 37.6 Å². The van der Waals surface area contributed by atoms with E-state index in [-0.39, 0.29) is 17.6 Å². The minimum atomic E-state index is -0.839. The van der Waals surface area contributed by atoms with Gasteiger partial charge < -0.3 is 15.0 Å². The highest BCUT2D eigenvalue weighted by Gasteiger charge is 2.25. The van der Waals surface area contributed by atoms with Gasteiger partial charge in [-0.05, 0) is 25.0 Å². The molecule has 0 unspecified atom stereocenters. The van der Waals surface area contributed by atoms with Gasteiger partial charge in [0.2, 0.25) is 0 Å². The van der Waals surface area contributed by atoms with Crippen molar-refractivity contribution in [3.8, 4) is 11.5 Å². The van der Waals surface area contributed by atoms with Crippen molar-refractivity contribution in [2.75, 3.05) is 0 Å². The highest BCUT2D eigenvalue weighted by molar-refractivity contribution is 5.93. The summed E-state index contributed by atoms with van der Waals surface area (Å²) in [5, 5.41) is 11.9. The Morgan fingerprint density at radius 2 is 2.21 bits per heavy atom. The van der Waals surface area contributed by atoms with Crippen molar-refractivity contribution in [2.45, 2.75) is 18.9 Å². The quantitative estimate of drug-likeness (QED) is 0.832. The maximum absolute atomic E-state index is 12.4. The molecule has 1 aliphatic rings. The predicted octanol–water partition coefficient (Wildman–Crippen LogP) is 1.63. The zero-order valence-corrected chi connectivity index (χ0v) is 13.2. The third-order valence-electron chi connectivity index (χ3n) is 4.00. The van der Waals surface area contributed by atoms with E-state index >= 15 is 0 Å².